The first-order valence-corrected chi connectivity index (χ1v) is 10.2. The van der Waals surface area contributed by atoms with E-state index in [0.717, 1.165) is 12.8 Å². The number of benzene rings is 1. The molecule has 0 aliphatic heterocycles. The minimum atomic E-state index is -0.455. The maximum Gasteiger partial charge on any atom is 0.270 e. The Morgan fingerprint density at radius 3 is 2.73 bits per heavy atom. The minimum absolute atomic E-state index is 0.0267. The second-order valence-corrected chi connectivity index (χ2v) is 7.57. The van der Waals surface area contributed by atoms with E-state index in [-0.39, 0.29) is 11.7 Å². The number of ether oxygens (including phenoxy) is 2. The molecule has 0 amide bonds. The summed E-state index contributed by atoms with van der Waals surface area (Å²) < 4.78 is 12.3. The monoisotopic (exact) mass is 435 g/mol. The summed E-state index contributed by atoms with van der Waals surface area (Å²) in [7, 11) is 1.57. The third-order valence-corrected chi connectivity index (χ3v) is 5.46. The molecule has 0 unspecified atom stereocenters. The van der Waals surface area contributed by atoms with Gasteiger partial charge >= 0.3 is 0 Å². The Kier molecular flexibility index (Phi) is 5.89. The molecule has 0 atom stereocenters. The van der Waals surface area contributed by atoms with Crippen LogP contribution in [0.15, 0.2) is 26.6 Å². The van der Waals surface area contributed by atoms with E-state index in [1.165, 1.54) is 24.6 Å². The van der Waals surface area contributed by atoms with Crippen molar-refractivity contribution in [2.45, 2.75) is 36.9 Å². The predicted molar refractivity (Wildman–Crippen MR) is 104 cm³/mol. The van der Waals surface area contributed by atoms with Crippen LogP contribution in [0.25, 0.3) is 11.3 Å². The van der Waals surface area contributed by atoms with Crippen molar-refractivity contribution in [1.82, 2.24) is 9.97 Å². The minimum Gasteiger partial charge on any atom is -0.493 e. The molecule has 1 aliphatic carbocycles. The molecular weight excluding hydrogens is 418 g/mol. The number of nitrogens with zero attached hydrogens (tertiary/aromatic N) is 2. The van der Waals surface area contributed by atoms with E-state index in [1.807, 2.05) is 12.3 Å². The molecule has 1 heterocycles. The topological polar surface area (TPSA) is 88.0 Å². The second kappa shape index (κ2) is 8.14. The zero-order chi connectivity index (χ0) is 18.7. The van der Waals surface area contributed by atoms with Crippen LogP contribution in [0.1, 0.15) is 31.2 Å². The molecule has 6 nitrogen and oxygen atoms in total. The number of thioether (sulfide) groups is 1. The lowest BCUT2D eigenvalue weighted by atomic mass is 10.1. The average Bonchev–Trinajstić information content (AvgIpc) is 3.15. The summed E-state index contributed by atoms with van der Waals surface area (Å²) in [6, 6.07) is 5.50. The Bertz CT molecular complexity index is 917. The van der Waals surface area contributed by atoms with Gasteiger partial charge in [-0.3, -0.25) is 4.79 Å². The Labute approximate surface area is 164 Å². The van der Waals surface area contributed by atoms with E-state index >= 15 is 0 Å². The molecule has 1 fully saturated rings. The molecule has 0 radical (unpaired) electrons. The van der Waals surface area contributed by atoms with Gasteiger partial charge < -0.3 is 14.5 Å². The molecule has 8 heteroatoms. The van der Waals surface area contributed by atoms with E-state index in [1.54, 1.807) is 19.2 Å². The summed E-state index contributed by atoms with van der Waals surface area (Å²) in [4.78, 5) is 19.2. The molecule has 1 aliphatic rings. The van der Waals surface area contributed by atoms with Crippen LogP contribution in [0.3, 0.4) is 0 Å². The van der Waals surface area contributed by atoms with Crippen molar-refractivity contribution >= 4 is 27.7 Å². The van der Waals surface area contributed by atoms with Gasteiger partial charge in [-0.1, -0.05) is 11.8 Å². The maximum atomic E-state index is 12.2. The van der Waals surface area contributed by atoms with Crippen molar-refractivity contribution in [3.8, 4) is 28.8 Å². The Morgan fingerprint density at radius 1 is 1.38 bits per heavy atom. The first-order chi connectivity index (χ1) is 12.6. The first kappa shape index (κ1) is 18.8. The lowest BCUT2D eigenvalue weighted by Crippen LogP contribution is -2.15. The van der Waals surface area contributed by atoms with Crippen LogP contribution in [0.5, 0.6) is 11.5 Å². The second-order valence-electron chi connectivity index (χ2n) is 5.92. The summed E-state index contributed by atoms with van der Waals surface area (Å²) in [6.07, 6.45) is 6.39. The lowest BCUT2D eigenvalue weighted by molar-refractivity contribution is 0.199. The molecule has 0 saturated heterocycles. The number of hydrogen-bond donors (Lipinski definition) is 1. The number of methoxy groups -OCH3 is 1. The molecule has 26 heavy (non-hydrogen) atoms. The van der Waals surface area contributed by atoms with Gasteiger partial charge in [0.15, 0.2) is 16.7 Å². The van der Waals surface area contributed by atoms with Gasteiger partial charge in [-0.2, -0.15) is 5.26 Å². The molecule has 2 aromatic rings. The fourth-order valence-corrected chi connectivity index (χ4v) is 3.92. The SMILES string of the molecule is COc1cc(-c2nc(SC)[nH]c(=O)c2C#N)cc(Br)c1OC1CCCC1. The number of halogens is 1. The summed E-state index contributed by atoms with van der Waals surface area (Å²) in [5.74, 6) is 1.18. The normalized spacial score (nSPS) is 14.2. The molecule has 1 aromatic carbocycles. The molecule has 0 bridgehead atoms. The molecule has 1 aromatic heterocycles. The highest BCUT2D eigenvalue weighted by atomic mass is 79.9. The van der Waals surface area contributed by atoms with Crippen LogP contribution in [0, 0.1) is 11.3 Å². The lowest BCUT2D eigenvalue weighted by Gasteiger charge is -2.18. The predicted octanol–water partition coefficient (Wildman–Crippen LogP) is 4.12. The van der Waals surface area contributed by atoms with Gasteiger partial charge in [0.25, 0.3) is 5.56 Å². The molecule has 0 spiro atoms. The standard InChI is InChI=1S/C18H18BrN3O3S/c1-24-14-8-10(7-13(19)16(14)25-11-5-3-4-6-11)15-12(9-20)17(23)22-18(21-15)26-2/h7-8,11H,3-6H2,1-2H3,(H,21,22,23). The Balaban J connectivity index is 2.10. The summed E-state index contributed by atoms with van der Waals surface area (Å²) in [6.45, 7) is 0. The van der Waals surface area contributed by atoms with Crippen LogP contribution in [-0.4, -0.2) is 29.4 Å². The molecule has 1 saturated carbocycles. The van der Waals surface area contributed by atoms with Gasteiger partial charge in [0.05, 0.1) is 23.4 Å². The van der Waals surface area contributed by atoms with Crippen LogP contribution >= 0.6 is 27.7 Å². The first-order valence-electron chi connectivity index (χ1n) is 8.20. The smallest absolute Gasteiger partial charge is 0.270 e. The van der Waals surface area contributed by atoms with Gasteiger partial charge in [0, 0.05) is 5.56 Å². The van der Waals surface area contributed by atoms with Crippen molar-refractivity contribution in [2.24, 2.45) is 0 Å². The van der Waals surface area contributed by atoms with Gasteiger partial charge in [0.2, 0.25) is 0 Å². The van der Waals surface area contributed by atoms with Crippen molar-refractivity contribution < 1.29 is 9.47 Å². The van der Waals surface area contributed by atoms with Crippen LogP contribution in [0.4, 0.5) is 0 Å². The van der Waals surface area contributed by atoms with E-state index in [0.29, 0.717) is 32.4 Å². The van der Waals surface area contributed by atoms with Crippen molar-refractivity contribution in [2.75, 3.05) is 13.4 Å². The van der Waals surface area contributed by atoms with Crippen LogP contribution < -0.4 is 15.0 Å². The van der Waals surface area contributed by atoms with Gasteiger partial charge in [-0.15, -0.1) is 0 Å². The van der Waals surface area contributed by atoms with Crippen molar-refractivity contribution in [3.05, 3.63) is 32.5 Å². The third-order valence-electron chi connectivity index (χ3n) is 4.29. The Morgan fingerprint density at radius 2 is 2.12 bits per heavy atom. The fraction of sp³-hybridized carbons (Fsp3) is 0.389. The number of hydrogen-bond acceptors (Lipinski definition) is 6. The highest BCUT2D eigenvalue weighted by molar-refractivity contribution is 9.10. The number of rotatable bonds is 5. The summed E-state index contributed by atoms with van der Waals surface area (Å²) >= 11 is 4.84. The van der Waals surface area contributed by atoms with Crippen molar-refractivity contribution in [3.63, 3.8) is 0 Å². The van der Waals surface area contributed by atoms with E-state index < -0.39 is 5.56 Å². The van der Waals surface area contributed by atoms with E-state index in [4.69, 9.17) is 9.47 Å². The largest absolute Gasteiger partial charge is 0.493 e. The van der Waals surface area contributed by atoms with Gasteiger partial charge in [0.1, 0.15) is 11.6 Å². The zero-order valence-electron chi connectivity index (χ0n) is 14.5. The average molecular weight is 436 g/mol. The summed E-state index contributed by atoms with van der Waals surface area (Å²) in [5, 5.41) is 9.83. The highest BCUT2D eigenvalue weighted by Gasteiger charge is 2.22. The molecular formula is C18H18BrN3O3S. The summed E-state index contributed by atoms with van der Waals surface area (Å²) in [5.41, 5.74) is 0.460. The quantitative estimate of drug-likeness (QED) is 0.561. The Hall–Kier alpha value is -1.98. The van der Waals surface area contributed by atoms with Gasteiger partial charge in [-0.05, 0) is 60.0 Å². The number of aromatic nitrogens is 2. The zero-order valence-corrected chi connectivity index (χ0v) is 16.9. The maximum absolute atomic E-state index is 12.2. The van der Waals surface area contributed by atoms with Crippen molar-refractivity contribution in [1.29, 1.82) is 5.26 Å². The highest BCUT2D eigenvalue weighted by Crippen LogP contribution is 2.41. The van der Waals surface area contributed by atoms with E-state index in [9.17, 15) is 10.1 Å². The number of aromatic amines is 1. The number of H-pyrrole nitrogens is 1. The van der Waals surface area contributed by atoms with Gasteiger partial charge in [-0.25, -0.2) is 4.98 Å². The van der Waals surface area contributed by atoms with Crippen LogP contribution in [0.2, 0.25) is 0 Å². The fourth-order valence-electron chi connectivity index (χ4n) is 3.01. The molecule has 1 N–H and O–H groups in total. The third kappa shape index (κ3) is 3.74. The molecule has 3 rings (SSSR count). The number of nitriles is 1. The van der Waals surface area contributed by atoms with E-state index in [2.05, 4.69) is 25.9 Å². The number of nitrogens with one attached hydrogen (secondary N) is 1. The van der Waals surface area contributed by atoms with Crippen LogP contribution in [-0.2, 0) is 0 Å². The molecule has 136 valence electrons.